The fourth-order valence-electron chi connectivity index (χ4n) is 3.23. The molecule has 2 N–H and O–H groups in total. The third-order valence-electron chi connectivity index (χ3n) is 4.44. The molecule has 0 bridgehead atoms. The minimum absolute atomic E-state index is 0.0445. The van der Waals surface area contributed by atoms with Gasteiger partial charge in [-0.3, -0.25) is 14.8 Å². The highest BCUT2D eigenvalue weighted by Gasteiger charge is 2.29. The van der Waals surface area contributed by atoms with E-state index in [4.69, 9.17) is 11.6 Å². The number of carbonyl (C=O) groups is 1. The van der Waals surface area contributed by atoms with Crippen LogP contribution in [-0.2, 0) is 0 Å². The first-order valence-corrected chi connectivity index (χ1v) is 8.84. The second-order valence-corrected chi connectivity index (χ2v) is 7.07. The molecule has 134 valence electrons. The summed E-state index contributed by atoms with van der Waals surface area (Å²) in [4.78, 5) is 16.8. The highest BCUT2D eigenvalue weighted by atomic mass is 35.5. The molecule has 6 nitrogen and oxygen atoms in total. The number of amides is 1. The van der Waals surface area contributed by atoms with Gasteiger partial charge in [-0.2, -0.15) is 5.10 Å². The summed E-state index contributed by atoms with van der Waals surface area (Å²) < 4.78 is 0. The van der Waals surface area contributed by atoms with Crippen LogP contribution in [0.3, 0.4) is 0 Å². The number of piperazine rings is 1. The van der Waals surface area contributed by atoms with E-state index in [9.17, 15) is 9.90 Å². The molecule has 25 heavy (non-hydrogen) atoms. The van der Waals surface area contributed by atoms with Crippen molar-refractivity contribution < 1.29 is 9.90 Å². The summed E-state index contributed by atoms with van der Waals surface area (Å²) in [5.74, 6) is -0.0445. The summed E-state index contributed by atoms with van der Waals surface area (Å²) in [5.41, 5.74) is 2.12. The van der Waals surface area contributed by atoms with Crippen LogP contribution in [0.15, 0.2) is 30.3 Å². The van der Waals surface area contributed by atoms with Gasteiger partial charge in [-0.1, -0.05) is 23.7 Å². The topological polar surface area (TPSA) is 72.5 Å². The lowest BCUT2D eigenvalue weighted by molar-refractivity contribution is 0.0378. The molecule has 0 spiro atoms. The van der Waals surface area contributed by atoms with Crippen LogP contribution in [-0.4, -0.2) is 69.3 Å². The monoisotopic (exact) mass is 362 g/mol. The van der Waals surface area contributed by atoms with Gasteiger partial charge in [0, 0.05) is 42.8 Å². The SMILES string of the molecule is CC(O)CN1CCN(C(=O)c2cc(-c3ccc(Cl)cc3)n[nH]2)C(C)C1. The minimum Gasteiger partial charge on any atom is -0.392 e. The normalized spacial score (nSPS) is 19.8. The first-order chi connectivity index (χ1) is 11.9. The largest absolute Gasteiger partial charge is 0.392 e. The molecule has 1 saturated heterocycles. The molecule has 0 aliphatic carbocycles. The van der Waals surface area contributed by atoms with Crippen molar-refractivity contribution in [2.45, 2.75) is 26.0 Å². The van der Waals surface area contributed by atoms with Gasteiger partial charge in [0.15, 0.2) is 0 Å². The number of hydrogen-bond acceptors (Lipinski definition) is 4. The number of halogens is 1. The molecule has 1 amide bonds. The predicted molar refractivity (Wildman–Crippen MR) is 97.7 cm³/mol. The van der Waals surface area contributed by atoms with Crippen LogP contribution in [0, 0.1) is 0 Å². The number of nitrogens with one attached hydrogen (secondary N) is 1. The summed E-state index contributed by atoms with van der Waals surface area (Å²) in [5, 5.41) is 17.3. The fraction of sp³-hybridized carbons (Fsp3) is 0.444. The number of aromatic nitrogens is 2. The van der Waals surface area contributed by atoms with Crippen LogP contribution in [0.2, 0.25) is 5.02 Å². The van der Waals surface area contributed by atoms with Gasteiger partial charge >= 0.3 is 0 Å². The van der Waals surface area contributed by atoms with E-state index in [1.165, 1.54) is 0 Å². The number of nitrogens with zero attached hydrogens (tertiary/aromatic N) is 3. The Hall–Kier alpha value is -1.89. The molecule has 1 fully saturated rings. The quantitative estimate of drug-likeness (QED) is 0.875. The Labute approximate surface area is 152 Å². The van der Waals surface area contributed by atoms with Gasteiger partial charge in [0.1, 0.15) is 5.69 Å². The first-order valence-electron chi connectivity index (χ1n) is 8.47. The standard InChI is InChI=1S/C18H23ClN4O2/c1-12-10-22(11-13(2)24)7-8-23(12)18(25)17-9-16(20-21-17)14-3-5-15(19)6-4-14/h3-6,9,12-13,24H,7-8,10-11H2,1-2H3,(H,20,21). The van der Waals surface area contributed by atoms with Crippen LogP contribution in [0.5, 0.6) is 0 Å². The van der Waals surface area contributed by atoms with Crippen LogP contribution in [0.25, 0.3) is 11.3 Å². The van der Waals surface area contributed by atoms with Crippen molar-refractivity contribution in [3.63, 3.8) is 0 Å². The number of benzene rings is 1. The van der Waals surface area contributed by atoms with Crippen molar-refractivity contribution in [3.05, 3.63) is 41.0 Å². The molecule has 1 aromatic heterocycles. The van der Waals surface area contributed by atoms with Crippen molar-refractivity contribution in [1.82, 2.24) is 20.0 Å². The van der Waals surface area contributed by atoms with E-state index >= 15 is 0 Å². The van der Waals surface area contributed by atoms with Gasteiger partial charge < -0.3 is 10.0 Å². The van der Waals surface area contributed by atoms with Gasteiger partial charge in [0.2, 0.25) is 0 Å². The predicted octanol–water partition coefficient (Wildman–Crippen LogP) is 2.26. The molecular formula is C18H23ClN4O2. The number of H-pyrrole nitrogens is 1. The van der Waals surface area contributed by atoms with E-state index in [2.05, 4.69) is 15.1 Å². The van der Waals surface area contributed by atoms with Crippen molar-refractivity contribution in [2.75, 3.05) is 26.2 Å². The Morgan fingerprint density at radius 3 is 2.76 bits per heavy atom. The number of carbonyl (C=O) groups excluding carboxylic acids is 1. The summed E-state index contributed by atoms with van der Waals surface area (Å²) >= 11 is 5.91. The van der Waals surface area contributed by atoms with Crippen molar-refractivity contribution in [3.8, 4) is 11.3 Å². The zero-order valence-corrected chi connectivity index (χ0v) is 15.2. The van der Waals surface area contributed by atoms with E-state index in [-0.39, 0.29) is 18.1 Å². The number of aliphatic hydroxyl groups is 1. The van der Waals surface area contributed by atoms with Gasteiger partial charge in [-0.25, -0.2) is 0 Å². The summed E-state index contributed by atoms with van der Waals surface area (Å²) in [6.07, 6.45) is -0.357. The number of β-amino-alcohol motifs (C(OH)–C–C–N with tert-alkyl or cyclic N) is 1. The smallest absolute Gasteiger partial charge is 0.272 e. The second kappa shape index (κ2) is 7.56. The molecule has 1 aliphatic heterocycles. The minimum atomic E-state index is -0.357. The lowest BCUT2D eigenvalue weighted by Gasteiger charge is -2.40. The number of rotatable bonds is 4. The summed E-state index contributed by atoms with van der Waals surface area (Å²) in [6.45, 7) is 6.61. The maximum Gasteiger partial charge on any atom is 0.272 e. The summed E-state index contributed by atoms with van der Waals surface area (Å²) in [7, 11) is 0. The Kier molecular flexibility index (Phi) is 5.42. The van der Waals surface area contributed by atoms with Crippen molar-refractivity contribution in [1.29, 1.82) is 0 Å². The number of hydrogen-bond donors (Lipinski definition) is 2. The number of aromatic amines is 1. The molecule has 2 heterocycles. The summed E-state index contributed by atoms with van der Waals surface area (Å²) in [6, 6.07) is 9.23. The average molecular weight is 363 g/mol. The van der Waals surface area contributed by atoms with Crippen LogP contribution in [0.4, 0.5) is 0 Å². The first kappa shape index (κ1) is 17.9. The van der Waals surface area contributed by atoms with E-state index in [0.29, 0.717) is 23.8 Å². The molecule has 0 saturated carbocycles. The zero-order valence-electron chi connectivity index (χ0n) is 14.4. The highest BCUT2D eigenvalue weighted by molar-refractivity contribution is 6.30. The second-order valence-electron chi connectivity index (χ2n) is 6.63. The molecule has 0 radical (unpaired) electrons. The van der Waals surface area contributed by atoms with Gasteiger partial charge in [0.25, 0.3) is 5.91 Å². The van der Waals surface area contributed by atoms with Crippen LogP contribution >= 0.6 is 11.6 Å². The fourth-order valence-corrected chi connectivity index (χ4v) is 3.35. The molecule has 7 heteroatoms. The van der Waals surface area contributed by atoms with Crippen LogP contribution < -0.4 is 0 Å². The van der Waals surface area contributed by atoms with Crippen molar-refractivity contribution in [2.24, 2.45) is 0 Å². The van der Waals surface area contributed by atoms with Gasteiger partial charge in [0.05, 0.1) is 11.8 Å². The lowest BCUT2D eigenvalue weighted by atomic mass is 10.1. The molecule has 2 unspecified atom stereocenters. The molecule has 2 atom stereocenters. The average Bonchev–Trinajstić information content (AvgIpc) is 3.04. The Bertz CT molecular complexity index is 729. The molecule has 1 aromatic carbocycles. The highest BCUT2D eigenvalue weighted by Crippen LogP contribution is 2.21. The van der Waals surface area contributed by atoms with E-state index < -0.39 is 0 Å². The maximum atomic E-state index is 12.8. The zero-order chi connectivity index (χ0) is 18.0. The van der Waals surface area contributed by atoms with E-state index in [0.717, 1.165) is 24.3 Å². The van der Waals surface area contributed by atoms with Crippen LogP contribution in [0.1, 0.15) is 24.3 Å². The van der Waals surface area contributed by atoms with E-state index in [1.54, 1.807) is 25.1 Å². The molecule has 1 aliphatic rings. The molecule has 2 aromatic rings. The third kappa shape index (κ3) is 4.21. The van der Waals surface area contributed by atoms with E-state index in [1.807, 2.05) is 24.0 Å². The Morgan fingerprint density at radius 1 is 1.40 bits per heavy atom. The lowest BCUT2D eigenvalue weighted by Crippen LogP contribution is -2.55. The third-order valence-corrected chi connectivity index (χ3v) is 4.70. The Balaban J connectivity index is 1.68. The number of aliphatic hydroxyl groups excluding tert-OH is 1. The molecule has 3 rings (SSSR count). The maximum absolute atomic E-state index is 12.8. The Morgan fingerprint density at radius 2 is 2.12 bits per heavy atom. The van der Waals surface area contributed by atoms with Gasteiger partial charge in [-0.15, -0.1) is 0 Å². The molecular weight excluding hydrogens is 340 g/mol. The van der Waals surface area contributed by atoms with Gasteiger partial charge in [-0.05, 0) is 32.0 Å². The van der Waals surface area contributed by atoms with Crippen molar-refractivity contribution >= 4 is 17.5 Å².